The minimum Gasteiger partial charge on any atom is -0.490 e. The lowest BCUT2D eigenvalue weighted by Gasteiger charge is -2.29. The number of nitrogens with one attached hydrogen (secondary N) is 1. The van der Waals surface area contributed by atoms with Crippen molar-refractivity contribution >= 4 is 23.8 Å². The maximum atomic E-state index is 13.3. The molecule has 0 fully saturated rings. The molecule has 0 aliphatic heterocycles. The van der Waals surface area contributed by atoms with E-state index < -0.39 is 47.8 Å². The first kappa shape index (κ1) is 41.1. The van der Waals surface area contributed by atoms with Gasteiger partial charge in [-0.05, 0) is 76.1 Å². The molecule has 0 aromatic heterocycles. The number of aliphatic carboxylic acids is 3. The third-order valence-corrected chi connectivity index (χ3v) is 7.92. The maximum Gasteiger partial charge on any atom is 0.337 e. The number of ether oxygens (including phenoxy) is 1. The van der Waals surface area contributed by atoms with Gasteiger partial charge in [-0.15, -0.1) is 0 Å². The second-order valence-electron chi connectivity index (χ2n) is 12.4. The summed E-state index contributed by atoms with van der Waals surface area (Å²) in [6.45, 7) is 10.7. The average molecular weight is 658 g/mol. The van der Waals surface area contributed by atoms with E-state index in [1.165, 1.54) is 43.8 Å². The predicted octanol–water partition coefficient (Wildman–Crippen LogP) is 6.86. The molecule has 0 radical (unpaired) electrons. The standard InChI is InChI=1S/C37H55NO9/c1-5-6-7-10-13-16-28(4)17-14-11-8-9-12-15-18-31(37(46,36(44)45)26-33(39)40)34(41)38-32(35(42)43)25-29-19-21-30(22-20-29)47-24-23-27(2)3/h15,18-23,31-32,46H,4-14,16-17,24-26H2,1-3H3,(H,38,41)(H,39,40)(H,42,43)(H,44,45)/b18-15+/t31-,32+,37+/m1/s1. The fourth-order valence-electron chi connectivity index (χ4n) is 5.06. The molecule has 0 heterocycles. The molecule has 47 heavy (non-hydrogen) atoms. The van der Waals surface area contributed by atoms with Crippen molar-refractivity contribution in [3.8, 4) is 5.75 Å². The molecule has 10 nitrogen and oxygen atoms in total. The number of benzene rings is 1. The van der Waals surface area contributed by atoms with Gasteiger partial charge >= 0.3 is 17.9 Å². The van der Waals surface area contributed by atoms with Gasteiger partial charge in [0, 0.05) is 6.42 Å². The highest BCUT2D eigenvalue weighted by Crippen LogP contribution is 2.26. The Hall–Kier alpha value is -3.92. The monoisotopic (exact) mass is 657 g/mol. The normalized spacial score (nSPS) is 13.7. The predicted molar refractivity (Wildman–Crippen MR) is 182 cm³/mol. The lowest BCUT2D eigenvalue weighted by molar-refractivity contribution is -0.172. The van der Waals surface area contributed by atoms with Gasteiger partial charge in [0.05, 0.1) is 12.3 Å². The summed E-state index contributed by atoms with van der Waals surface area (Å²) < 4.78 is 5.61. The zero-order valence-corrected chi connectivity index (χ0v) is 28.3. The Labute approximate surface area is 279 Å². The first-order valence-corrected chi connectivity index (χ1v) is 16.7. The zero-order chi connectivity index (χ0) is 35.2. The van der Waals surface area contributed by atoms with Crippen LogP contribution in [0.15, 0.2) is 60.2 Å². The number of carboxylic acid groups (broad SMARTS) is 3. The lowest BCUT2D eigenvalue weighted by atomic mass is 9.82. The van der Waals surface area contributed by atoms with Crippen LogP contribution in [0.5, 0.6) is 5.75 Å². The third-order valence-electron chi connectivity index (χ3n) is 7.92. The van der Waals surface area contributed by atoms with Crippen molar-refractivity contribution in [3.63, 3.8) is 0 Å². The molecule has 1 aromatic rings. The van der Waals surface area contributed by atoms with Crippen molar-refractivity contribution in [2.75, 3.05) is 6.61 Å². The Morgan fingerprint density at radius 2 is 1.51 bits per heavy atom. The number of allylic oxidation sites excluding steroid dienone is 3. The molecule has 10 heteroatoms. The number of hydrogen-bond donors (Lipinski definition) is 5. The molecule has 0 aliphatic rings. The smallest absolute Gasteiger partial charge is 0.337 e. The molecule has 5 N–H and O–H groups in total. The third kappa shape index (κ3) is 17.0. The summed E-state index contributed by atoms with van der Waals surface area (Å²) in [6, 6.07) is 5.18. The largest absolute Gasteiger partial charge is 0.490 e. The van der Waals surface area contributed by atoms with Crippen LogP contribution in [0, 0.1) is 5.92 Å². The van der Waals surface area contributed by atoms with Gasteiger partial charge in [-0.25, -0.2) is 9.59 Å². The highest BCUT2D eigenvalue weighted by molar-refractivity contribution is 5.94. The van der Waals surface area contributed by atoms with Crippen molar-refractivity contribution < 1.29 is 44.3 Å². The average Bonchev–Trinajstić information content (AvgIpc) is 2.99. The molecule has 262 valence electrons. The summed E-state index contributed by atoms with van der Waals surface area (Å²) in [7, 11) is 0. The highest BCUT2D eigenvalue weighted by atomic mass is 16.5. The topological polar surface area (TPSA) is 170 Å². The Morgan fingerprint density at radius 1 is 0.915 bits per heavy atom. The van der Waals surface area contributed by atoms with E-state index in [4.69, 9.17) is 4.74 Å². The molecule has 1 amide bonds. The van der Waals surface area contributed by atoms with E-state index in [0.29, 0.717) is 24.3 Å². The Balaban J connectivity index is 2.84. The van der Waals surface area contributed by atoms with Crippen LogP contribution in [0.1, 0.15) is 110 Å². The van der Waals surface area contributed by atoms with Crippen LogP contribution in [0.2, 0.25) is 0 Å². The summed E-state index contributed by atoms with van der Waals surface area (Å²) in [5.41, 5.74) is -0.0583. The number of aliphatic hydroxyl groups is 1. The zero-order valence-electron chi connectivity index (χ0n) is 28.3. The highest BCUT2D eigenvalue weighted by Gasteiger charge is 2.49. The molecule has 1 rings (SSSR count). The fourth-order valence-corrected chi connectivity index (χ4v) is 5.06. The van der Waals surface area contributed by atoms with Crippen molar-refractivity contribution in [3.05, 3.63) is 65.8 Å². The van der Waals surface area contributed by atoms with Crippen LogP contribution in [0.4, 0.5) is 0 Å². The van der Waals surface area contributed by atoms with Crippen LogP contribution < -0.4 is 10.1 Å². The Kier molecular flexibility index (Phi) is 19.7. The first-order valence-electron chi connectivity index (χ1n) is 16.7. The van der Waals surface area contributed by atoms with Crippen molar-refractivity contribution in [2.45, 2.75) is 122 Å². The number of amides is 1. The lowest BCUT2D eigenvalue weighted by Crippen LogP contribution is -2.55. The van der Waals surface area contributed by atoms with E-state index in [1.54, 1.807) is 30.3 Å². The van der Waals surface area contributed by atoms with Gasteiger partial charge in [0.25, 0.3) is 0 Å². The van der Waals surface area contributed by atoms with Gasteiger partial charge < -0.3 is 30.5 Å². The van der Waals surface area contributed by atoms with E-state index in [9.17, 15) is 39.6 Å². The number of carbonyl (C=O) groups is 4. The number of rotatable bonds is 26. The van der Waals surface area contributed by atoms with Crippen molar-refractivity contribution in [1.29, 1.82) is 0 Å². The van der Waals surface area contributed by atoms with Gasteiger partial charge in [0.15, 0.2) is 5.60 Å². The summed E-state index contributed by atoms with van der Waals surface area (Å²) in [5.74, 6) is -7.26. The van der Waals surface area contributed by atoms with Crippen molar-refractivity contribution in [2.24, 2.45) is 5.92 Å². The minimum absolute atomic E-state index is 0.137. The van der Waals surface area contributed by atoms with Gasteiger partial charge in [-0.3, -0.25) is 9.59 Å². The molecule has 0 spiro atoms. The quantitative estimate of drug-likeness (QED) is 0.0527. The Morgan fingerprint density at radius 3 is 2.04 bits per heavy atom. The number of carboxylic acids is 3. The SMILES string of the molecule is C=C(CCCCCCC)CCCCCC/C=C/[C@H](C(=O)N[C@@H](Cc1ccc(OCC=C(C)C)cc1)C(=O)O)[C@@](O)(CC(=O)O)C(=O)O. The van der Waals surface area contributed by atoms with Crippen LogP contribution in [0.3, 0.4) is 0 Å². The first-order chi connectivity index (χ1) is 22.3. The van der Waals surface area contributed by atoms with Gasteiger partial charge in [-0.1, -0.05) is 87.5 Å². The summed E-state index contributed by atoms with van der Waals surface area (Å²) in [6.07, 6.45) is 15.5. The molecule has 0 bridgehead atoms. The molecule has 0 unspecified atom stereocenters. The summed E-state index contributed by atoms with van der Waals surface area (Å²) in [5, 5.41) is 42.2. The van der Waals surface area contributed by atoms with E-state index in [1.807, 2.05) is 19.9 Å². The second-order valence-corrected chi connectivity index (χ2v) is 12.4. The number of hydrogen-bond acceptors (Lipinski definition) is 6. The second kappa shape index (κ2) is 22.6. The van der Waals surface area contributed by atoms with Crippen LogP contribution in [-0.2, 0) is 25.6 Å². The summed E-state index contributed by atoms with van der Waals surface area (Å²) in [4.78, 5) is 48.9. The maximum absolute atomic E-state index is 13.3. The van der Waals surface area contributed by atoms with Crippen LogP contribution in [-0.4, -0.2) is 62.5 Å². The molecular formula is C37H55NO9. The van der Waals surface area contributed by atoms with Gasteiger partial charge in [-0.2, -0.15) is 0 Å². The number of unbranched alkanes of at least 4 members (excludes halogenated alkanes) is 8. The minimum atomic E-state index is -2.99. The molecule has 0 saturated heterocycles. The summed E-state index contributed by atoms with van der Waals surface area (Å²) >= 11 is 0. The molecule has 3 atom stereocenters. The van der Waals surface area contributed by atoms with E-state index in [-0.39, 0.29) is 6.42 Å². The number of carbonyl (C=O) groups excluding carboxylic acids is 1. The molecular weight excluding hydrogens is 602 g/mol. The Bertz CT molecular complexity index is 1200. The molecule has 0 aliphatic carbocycles. The van der Waals surface area contributed by atoms with E-state index in [2.05, 4.69) is 18.8 Å². The van der Waals surface area contributed by atoms with E-state index >= 15 is 0 Å². The fraction of sp³-hybridized carbons (Fsp3) is 0.568. The molecule has 0 saturated carbocycles. The van der Waals surface area contributed by atoms with Gasteiger partial charge in [0.1, 0.15) is 18.4 Å². The van der Waals surface area contributed by atoms with Crippen LogP contribution >= 0.6 is 0 Å². The van der Waals surface area contributed by atoms with Crippen molar-refractivity contribution in [1.82, 2.24) is 5.32 Å². The van der Waals surface area contributed by atoms with Crippen LogP contribution in [0.25, 0.3) is 0 Å². The van der Waals surface area contributed by atoms with E-state index in [0.717, 1.165) is 44.1 Å². The molecule has 1 aromatic carbocycles. The van der Waals surface area contributed by atoms with Gasteiger partial charge in [0.2, 0.25) is 5.91 Å².